The number of nitro groups is 1. The Hall–Kier alpha value is -2.89. The summed E-state index contributed by atoms with van der Waals surface area (Å²) in [5, 5.41) is 14.1. The molecule has 2 aromatic rings. The Morgan fingerprint density at radius 3 is 2.52 bits per heavy atom. The molecule has 0 radical (unpaired) electrons. The molecule has 6 nitrogen and oxygen atoms in total. The summed E-state index contributed by atoms with van der Waals surface area (Å²) in [7, 11) is 1.52. The van der Waals surface area contributed by atoms with Crippen LogP contribution in [0.4, 0.5) is 17.1 Å². The van der Waals surface area contributed by atoms with Crippen molar-refractivity contribution in [3.05, 3.63) is 58.1 Å². The van der Waals surface area contributed by atoms with E-state index in [4.69, 9.17) is 4.74 Å². The number of ether oxygens (including phenoxy) is 1. The Balaban J connectivity index is 2.44. The number of nitrogens with zero attached hydrogens (tertiary/aromatic N) is 1. The van der Waals surface area contributed by atoms with Gasteiger partial charge in [0.2, 0.25) is 0 Å². The number of anilines is 2. The molecule has 1 N–H and O–H groups in total. The number of carbonyl (C=O) groups is 1. The molecule has 0 saturated heterocycles. The molecule has 0 aliphatic rings. The molecule has 108 valence electrons. The van der Waals surface area contributed by atoms with Crippen LogP contribution in [0.5, 0.6) is 5.75 Å². The Morgan fingerprint density at radius 2 is 1.90 bits per heavy atom. The average Bonchev–Trinajstić information content (AvgIpc) is 2.47. The van der Waals surface area contributed by atoms with E-state index in [1.165, 1.54) is 26.2 Å². The molecule has 0 spiro atoms. The van der Waals surface area contributed by atoms with Crippen LogP contribution in [0.1, 0.15) is 17.3 Å². The first-order valence-electron chi connectivity index (χ1n) is 6.22. The summed E-state index contributed by atoms with van der Waals surface area (Å²) < 4.78 is 5.19. The molecule has 2 aromatic carbocycles. The van der Waals surface area contributed by atoms with E-state index < -0.39 is 4.92 Å². The first-order chi connectivity index (χ1) is 10.0. The highest BCUT2D eigenvalue weighted by atomic mass is 16.6. The van der Waals surface area contributed by atoms with E-state index in [0.717, 1.165) is 0 Å². The first kappa shape index (κ1) is 14.5. The van der Waals surface area contributed by atoms with Crippen molar-refractivity contribution in [1.82, 2.24) is 0 Å². The van der Waals surface area contributed by atoms with Crippen molar-refractivity contribution in [2.45, 2.75) is 6.92 Å². The van der Waals surface area contributed by atoms with Gasteiger partial charge in [0.1, 0.15) is 11.4 Å². The third-order valence-corrected chi connectivity index (χ3v) is 2.98. The summed E-state index contributed by atoms with van der Waals surface area (Å²) in [5.74, 6) is 0.351. The number of rotatable bonds is 5. The topological polar surface area (TPSA) is 81.5 Å². The summed E-state index contributed by atoms with van der Waals surface area (Å²) in [5.41, 5.74) is 1.05. The van der Waals surface area contributed by atoms with E-state index in [9.17, 15) is 14.9 Å². The highest BCUT2D eigenvalue weighted by Gasteiger charge is 2.17. The largest absolute Gasteiger partial charge is 0.495 e. The fraction of sp³-hybridized carbons (Fsp3) is 0.133. The standard InChI is InChI=1S/C15H14N2O4/c1-10(18)11-7-8-12(14(9-11)17(19)20)16-13-5-3-4-6-15(13)21-2/h3-9,16H,1-2H3. The molecular weight excluding hydrogens is 272 g/mol. The molecule has 0 amide bonds. The van der Waals surface area contributed by atoms with Gasteiger partial charge in [-0.25, -0.2) is 0 Å². The molecule has 21 heavy (non-hydrogen) atoms. The van der Waals surface area contributed by atoms with Gasteiger partial charge in [0.05, 0.1) is 17.7 Å². The van der Waals surface area contributed by atoms with Crippen molar-refractivity contribution in [1.29, 1.82) is 0 Å². The lowest BCUT2D eigenvalue weighted by molar-refractivity contribution is -0.383. The molecule has 0 unspecified atom stereocenters. The van der Waals surface area contributed by atoms with Gasteiger partial charge in [-0.15, -0.1) is 0 Å². The molecule has 0 aliphatic heterocycles. The minimum absolute atomic E-state index is 0.159. The first-order valence-corrected chi connectivity index (χ1v) is 6.22. The predicted octanol–water partition coefficient (Wildman–Crippen LogP) is 3.55. The highest BCUT2D eigenvalue weighted by molar-refractivity contribution is 5.95. The van der Waals surface area contributed by atoms with Crippen LogP contribution in [0.3, 0.4) is 0 Å². The molecule has 0 saturated carbocycles. The number of methoxy groups -OCH3 is 1. The molecule has 0 heterocycles. The summed E-state index contributed by atoms with van der Waals surface area (Å²) in [6.07, 6.45) is 0. The van der Waals surface area contributed by atoms with Crippen LogP contribution in [0.25, 0.3) is 0 Å². The maximum Gasteiger partial charge on any atom is 0.293 e. The number of carbonyl (C=O) groups excluding carboxylic acids is 1. The summed E-state index contributed by atoms with van der Waals surface area (Å²) in [4.78, 5) is 22.0. The lowest BCUT2D eigenvalue weighted by atomic mass is 10.1. The van der Waals surface area contributed by atoms with Crippen molar-refractivity contribution in [2.24, 2.45) is 0 Å². The smallest absolute Gasteiger partial charge is 0.293 e. The molecule has 0 fully saturated rings. The van der Waals surface area contributed by atoms with Gasteiger partial charge in [-0.2, -0.15) is 0 Å². The van der Waals surface area contributed by atoms with Crippen molar-refractivity contribution >= 4 is 22.8 Å². The van der Waals surface area contributed by atoms with Gasteiger partial charge in [-0.05, 0) is 31.2 Å². The van der Waals surface area contributed by atoms with Gasteiger partial charge >= 0.3 is 0 Å². The molecule has 0 aromatic heterocycles. The number of ketones is 1. The Kier molecular flexibility index (Phi) is 4.18. The van der Waals surface area contributed by atoms with Crippen molar-refractivity contribution in [3.8, 4) is 5.75 Å². The van der Waals surface area contributed by atoms with Crippen LogP contribution in [-0.2, 0) is 0 Å². The minimum Gasteiger partial charge on any atom is -0.495 e. The molecule has 0 atom stereocenters. The van der Waals surface area contributed by atoms with E-state index in [1.807, 2.05) is 0 Å². The number of nitrogens with one attached hydrogen (secondary N) is 1. The lowest BCUT2D eigenvalue weighted by Crippen LogP contribution is -2.01. The molecule has 0 bridgehead atoms. The van der Waals surface area contributed by atoms with Crippen LogP contribution in [0.2, 0.25) is 0 Å². The lowest BCUT2D eigenvalue weighted by Gasteiger charge is -2.11. The third kappa shape index (κ3) is 3.17. The summed E-state index contributed by atoms with van der Waals surface area (Å²) in [6.45, 7) is 1.37. The number of para-hydroxylation sites is 2. The average molecular weight is 286 g/mol. The van der Waals surface area contributed by atoms with Gasteiger partial charge in [-0.3, -0.25) is 14.9 Å². The fourth-order valence-electron chi connectivity index (χ4n) is 1.90. The zero-order valence-corrected chi connectivity index (χ0v) is 11.6. The molecule has 2 rings (SSSR count). The maximum atomic E-state index is 11.3. The second-order valence-corrected chi connectivity index (χ2v) is 4.37. The maximum absolute atomic E-state index is 11.3. The SMILES string of the molecule is COc1ccccc1Nc1ccc(C(C)=O)cc1[N+](=O)[O-]. The van der Waals surface area contributed by atoms with Gasteiger partial charge in [0.15, 0.2) is 5.78 Å². The number of nitro benzene ring substituents is 1. The highest BCUT2D eigenvalue weighted by Crippen LogP contribution is 2.32. The second-order valence-electron chi connectivity index (χ2n) is 4.37. The van der Waals surface area contributed by atoms with Crippen molar-refractivity contribution in [3.63, 3.8) is 0 Å². The van der Waals surface area contributed by atoms with Crippen LogP contribution >= 0.6 is 0 Å². The number of hydrogen-bond acceptors (Lipinski definition) is 5. The quantitative estimate of drug-likeness (QED) is 0.516. The zero-order chi connectivity index (χ0) is 15.4. The Bertz CT molecular complexity index is 698. The third-order valence-electron chi connectivity index (χ3n) is 2.98. The number of benzene rings is 2. The monoisotopic (exact) mass is 286 g/mol. The molecular formula is C15H14N2O4. The van der Waals surface area contributed by atoms with E-state index in [2.05, 4.69) is 5.32 Å². The summed E-state index contributed by atoms with van der Waals surface area (Å²) >= 11 is 0. The van der Waals surface area contributed by atoms with E-state index in [1.54, 1.807) is 30.3 Å². The molecule has 0 aliphatic carbocycles. The van der Waals surface area contributed by atoms with Gasteiger partial charge < -0.3 is 10.1 Å². The second kappa shape index (κ2) is 6.04. The Labute approximate surface area is 121 Å². The van der Waals surface area contributed by atoms with Crippen LogP contribution in [0, 0.1) is 10.1 Å². The van der Waals surface area contributed by atoms with E-state index in [0.29, 0.717) is 22.7 Å². The Morgan fingerprint density at radius 1 is 1.19 bits per heavy atom. The number of Topliss-reactive ketones (excluding diaryl/α,β-unsaturated/α-hetero) is 1. The number of hydrogen-bond donors (Lipinski definition) is 1. The van der Waals surface area contributed by atoms with Gasteiger partial charge in [0.25, 0.3) is 5.69 Å². The van der Waals surface area contributed by atoms with E-state index in [-0.39, 0.29) is 11.5 Å². The van der Waals surface area contributed by atoms with E-state index >= 15 is 0 Å². The van der Waals surface area contributed by atoms with Crippen LogP contribution in [0.15, 0.2) is 42.5 Å². The van der Waals surface area contributed by atoms with Gasteiger partial charge in [0, 0.05) is 11.6 Å². The predicted molar refractivity (Wildman–Crippen MR) is 79.4 cm³/mol. The van der Waals surface area contributed by atoms with Crippen LogP contribution in [-0.4, -0.2) is 17.8 Å². The molecule has 6 heteroatoms. The van der Waals surface area contributed by atoms with Crippen molar-refractivity contribution in [2.75, 3.05) is 12.4 Å². The normalized spacial score (nSPS) is 10.0. The summed E-state index contributed by atoms with van der Waals surface area (Å²) in [6, 6.07) is 11.4. The van der Waals surface area contributed by atoms with Gasteiger partial charge in [-0.1, -0.05) is 12.1 Å². The zero-order valence-electron chi connectivity index (χ0n) is 11.6. The van der Waals surface area contributed by atoms with Crippen LogP contribution < -0.4 is 10.1 Å². The minimum atomic E-state index is -0.524. The fourth-order valence-corrected chi connectivity index (χ4v) is 1.90. The van der Waals surface area contributed by atoms with Crippen molar-refractivity contribution < 1.29 is 14.5 Å².